The molecule has 2 N–H and O–H groups in total. The van der Waals surface area contributed by atoms with E-state index in [1.54, 1.807) is 18.5 Å². The monoisotopic (exact) mass is 394 g/mol. The molecule has 0 atom stereocenters. The van der Waals surface area contributed by atoms with Crippen molar-refractivity contribution in [3.8, 4) is 11.4 Å². The Hall–Kier alpha value is -3.66. The topological polar surface area (TPSA) is 107 Å². The lowest BCUT2D eigenvalue weighted by atomic mass is 10.3. The highest BCUT2D eigenvalue weighted by molar-refractivity contribution is 5.79. The highest BCUT2D eigenvalue weighted by Gasteiger charge is 2.14. The molecule has 4 aromatic heterocycles. The maximum atomic E-state index is 13.2. The molecule has 0 saturated heterocycles. The van der Waals surface area contributed by atoms with Crippen LogP contribution in [-0.4, -0.2) is 39.4 Å². The SMILES string of the molecule is C=C(F)n1cc(-c2nccc(Nc3cc4c(cn3)nc(CO)n4C(C)C)n2)cn1. The molecule has 0 spiro atoms. The molecule has 0 aromatic carbocycles. The first-order valence-electron chi connectivity index (χ1n) is 8.94. The van der Waals surface area contributed by atoms with Crippen LogP contribution in [0.25, 0.3) is 28.4 Å². The van der Waals surface area contributed by atoms with E-state index in [1.807, 2.05) is 24.5 Å². The Bertz CT molecular complexity index is 1200. The Morgan fingerprint density at radius 3 is 2.76 bits per heavy atom. The van der Waals surface area contributed by atoms with Gasteiger partial charge >= 0.3 is 0 Å². The molecule has 0 amide bonds. The third kappa shape index (κ3) is 3.57. The lowest BCUT2D eigenvalue weighted by Crippen LogP contribution is -2.06. The highest BCUT2D eigenvalue weighted by Crippen LogP contribution is 2.24. The van der Waals surface area contributed by atoms with Gasteiger partial charge in [-0.2, -0.15) is 9.49 Å². The van der Waals surface area contributed by atoms with Crippen LogP contribution in [0, 0.1) is 0 Å². The number of aliphatic hydroxyl groups excluding tert-OH is 1. The summed E-state index contributed by atoms with van der Waals surface area (Å²) in [5.41, 5.74) is 2.12. The van der Waals surface area contributed by atoms with Crippen molar-refractivity contribution in [3.05, 3.63) is 49.3 Å². The van der Waals surface area contributed by atoms with Crippen LogP contribution in [0.15, 0.2) is 43.5 Å². The van der Waals surface area contributed by atoms with Crippen LogP contribution in [0.1, 0.15) is 25.7 Å². The van der Waals surface area contributed by atoms with Gasteiger partial charge in [-0.15, -0.1) is 0 Å². The second-order valence-electron chi connectivity index (χ2n) is 6.65. The van der Waals surface area contributed by atoms with Crippen molar-refractivity contribution in [2.24, 2.45) is 0 Å². The number of rotatable bonds is 6. The predicted octanol–water partition coefficient (Wildman–Crippen LogP) is 3.30. The number of hydrogen-bond donors (Lipinski definition) is 2. The summed E-state index contributed by atoms with van der Waals surface area (Å²) >= 11 is 0. The zero-order valence-electron chi connectivity index (χ0n) is 15.9. The van der Waals surface area contributed by atoms with E-state index in [2.05, 4.69) is 36.9 Å². The number of pyridine rings is 1. The van der Waals surface area contributed by atoms with Crippen LogP contribution in [-0.2, 0) is 6.61 Å². The van der Waals surface area contributed by atoms with Gasteiger partial charge in [0.25, 0.3) is 0 Å². The van der Waals surface area contributed by atoms with Crippen molar-refractivity contribution in [1.29, 1.82) is 0 Å². The number of hydrogen-bond acceptors (Lipinski definition) is 7. The number of nitrogens with one attached hydrogen (secondary N) is 1. The summed E-state index contributed by atoms with van der Waals surface area (Å²) in [4.78, 5) is 17.4. The van der Waals surface area contributed by atoms with Crippen molar-refractivity contribution in [1.82, 2.24) is 34.3 Å². The maximum absolute atomic E-state index is 13.2. The van der Waals surface area contributed by atoms with Gasteiger partial charge in [0, 0.05) is 24.5 Å². The minimum Gasteiger partial charge on any atom is -0.388 e. The van der Waals surface area contributed by atoms with Gasteiger partial charge in [0.1, 0.15) is 29.6 Å². The molecular weight excluding hydrogens is 375 g/mol. The first kappa shape index (κ1) is 18.7. The molecular formula is C19H19FN8O. The number of nitrogens with zero attached hydrogens (tertiary/aromatic N) is 7. The molecule has 0 radical (unpaired) electrons. The molecule has 0 fully saturated rings. The summed E-state index contributed by atoms with van der Waals surface area (Å²) < 4.78 is 16.2. The largest absolute Gasteiger partial charge is 0.388 e. The standard InChI is InChI=1S/C19H19FN8O/c1-11(2)28-15-6-17(22-8-14(15)24-18(28)10-29)25-16-4-5-21-19(26-16)13-7-23-27(9-13)12(3)20/h4-9,11,29H,3,10H2,1-2H3,(H,21,22,25,26). The van der Waals surface area contributed by atoms with Crippen molar-refractivity contribution >= 4 is 28.6 Å². The molecule has 0 aliphatic heterocycles. The smallest absolute Gasteiger partial charge is 0.206 e. The third-order valence-corrected chi connectivity index (χ3v) is 4.31. The number of aromatic nitrogens is 7. The summed E-state index contributed by atoms with van der Waals surface area (Å²) in [6.45, 7) is 7.11. The van der Waals surface area contributed by atoms with Crippen LogP contribution >= 0.6 is 0 Å². The molecule has 10 heteroatoms. The minimum atomic E-state index is -0.688. The normalized spacial score (nSPS) is 11.3. The van der Waals surface area contributed by atoms with Gasteiger partial charge < -0.3 is 15.0 Å². The van der Waals surface area contributed by atoms with Gasteiger partial charge in [-0.05, 0) is 26.5 Å². The Morgan fingerprint density at radius 1 is 1.24 bits per heavy atom. The van der Waals surface area contributed by atoms with Gasteiger partial charge in [-0.25, -0.2) is 24.6 Å². The van der Waals surface area contributed by atoms with Crippen molar-refractivity contribution in [2.75, 3.05) is 5.32 Å². The van der Waals surface area contributed by atoms with E-state index in [0.29, 0.717) is 34.4 Å². The van der Waals surface area contributed by atoms with E-state index in [1.165, 1.54) is 12.4 Å². The van der Waals surface area contributed by atoms with Crippen LogP contribution in [0.3, 0.4) is 0 Å². The van der Waals surface area contributed by atoms with Gasteiger partial charge in [-0.3, -0.25) is 0 Å². The van der Waals surface area contributed by atoms with Crippen LogP contribution < -0.4 is 5.32 Å². The number of halogens is 1. The van der Waals surface area contributed by atoms with Crippen LogP contribution in [0.5, 0.6) is 0 Å². The predicted molar refractivity (Wildman–Crippen MR) is 107 cm³/mol. The third-order valence-electron chi connectivity index (χ3n) is 4.31. The van der Waals surface area contributed by atoms with Gasteiger partial charge in [0.2, 0.25) is 5.95 Å². The Balaban J connectivity index is 1.66. The number of aliphatic hydroxyl groups is 1. The van der Waals surface area contributed by atoms with E-state index in [-0.39, 0.29) is 12.6 Å². The van der Waals surface area contributed by atoms with Crippen molar-refractivity contribution in [3.63, 3.8) is 0 Å². The summed E-state index contributed by atoms with van der Waals surface area (Å²) in [5, 5.41) is 16.6. The molecule has 0 aliphatic rings. The van der Waals surface area contributed by atoms with Gasteiger partial charge in [-0.1, -0.05) is 0 Å². The van der Waals surface area contributed by atoms with Crippen LogP contribution in [0.2, 0.25) is 0 Å². The van der Waals surface area contributed by atoms with Gasteiger partial charge in [0.05, 0.1) is 23.5 Å². The number of imidazole rings is 1. The number of fused-ring (bicyclic) bond motifs is 1. The zero-order valence-corrected chi connectivity index (χ0v) is 15.9. The van der Waals surface area contributed by atoms with E-state index in [9.17, 15) is 9.50 Å². The molecule has 0 aliphatic carbocycles. The molecule has 4 rings (SSSR count). The van der Waals surface area contributed by atoms with Gasteiger partial charge in [0.15, 0.2) is 5.82 Å². The van der Waals surface area contributed by atoms with Crippen LogP contribution in [0.4, 0.5) is 16.0 Å². The molecule has 9 nitrogen and oxygen atoms in total. The number of anilines is 2. The molecule has 29 heavy (non-hydrogen) atoms. The minimum absolute atomic E-state index is 0.129. The zero-order chi connectivity index (χ0) is 20.5. The summed E-state index contributed by atoms with van der Waals surface area (Å²) in [5.74, 6) is 1.38. The maximum Gasteiger partial charge on any atom is 0.206 e. The van der Waals surface area contributed by atoms with Crippen molar-refractivity contribution < 1.29 is 9.50 Å². The first-order chi connectivity index (χ1) is 14.0. The average molecular weight is 394 g/mol. The highest BCUT2D eigenvalue weighted by atomic mass is 19.1. The molecule has 148 valence electrons. The van der Waals surface area contributed by atoms with E-state index < -0.39 is 5.95 Å². The molecule has 0 unspecified atom stereocenters. The fourth-order valence-corrected chi connectivity index (χ4v) is 3.07. The fraction of sp³-hybridized carbons (Fsp3) is 0.211. The van der Waals surface area contributed by atoms with E-state index in [0.717, 1.165) is 10.2 Å². The molecule has 4 aromatic rings. The Morgan fingerprint density at radius 2 is 2.07 bits per heavy atom. The average Bonchev–Trinajstić information content (AvgIpc) is 3.33. The Labute approximate surface area is 165 Å². The lowest BCUT2D eigenvalue weighted by Gasteiger charge is -2.12. The van der Waals surface area contributed by atoms with E-state index >= 15 is 0 Å². The molecule has 0 saturated carbocycles. The Kier molecular flexibility index (Phi) is 4.77. The summed E-state index contributed by atoms with van der Waals surface area (Å²) in [6, 6.07) is 3.69. The second-order valence-corrected chi connectivity index (χ2v) is 6.65. The molecule has 0 bridgehead atoms. The quantitative estimate of drug-likeness (QED) is 0.517. The molecule has 4 heterocycles. The first-order valence-corrected chi connectivity index (χ1v) is 8.94. The fourth-order valence-electron chi connectivity index (χ4n) is 3.07. The second kappa shape index (κ2) is 7.40. The van der Waals surface area contributed by atoms with E-state index in [4.69, 9.17) is 0 Å². The van der Waals surface area contributed by atoms with Crippen molar-refractivity contribution in [2.45, 2.75) is 26.5 Å². The summed E-state index contributed by atoms with van der Waals surface area (Å²) in [7, 11) is 0. The summed E-state index contributed by atoms with van der Waals surface area (Å²) in [6.07, 6.45) is 6.16. The lowest BCUT2D eigenvalue weighted by molar-refractivity contribution is 0.263.